The number of pyridine rings is 1. The van der Waals surface area contributed by atoms with Gasteiger partial charge in [-0.1, -0.05) is 23.7 Å². The molecule has 0 radical (unpaired) electrons. The molecular formula is C43H36ClF6N9O5S. The molecule has 3 aromatic carbocycles. The van der Waals surface area contributed by atoms with Crippen molar-refractivity contribution in [3.63, 3.8) is 0 Å². The second-order valence-corrected chi connectivity index (χ2v) is 18.2. The number of nitrogens with zero attached hydrogens (tertiary/aromatic N) is 7. The predicted molar refractivity (Wildman–Crippen MR) is 226 cm³/mol. The van der Waals surface area contributed by atoms with Gasteiger partial charge < -0.3 is 10.1 Å². The van der Waals surface area contributed by atoms with Crippen LogP contribution in [0.4, 0.5) is 32.2 Å². The summed E-state index contributed by atoms with van der Waals surface area (Å²) in [6.45, 7) is 0.650. The number of carbonyl (C=O) groups is 1. The van der Waals surface area contributed by atoms with Crippen molar-refractivity contribution in [1.29, 1.82) is 0 Å². The normalized spacial score (nSPS) is 16.8. The third-order valence-corrected chi connectivity index (χ3v) is 13.2. The number of amides is 1. The summed E-state index contributed by atoms with van der Waals surface area (Å²) in [6, 6.07) is 13.7. The number of alkyl halides is 4. The average Bonchev–Trinajstić information content (AvgIpc) is 3.78. The molecule has 9 rings (SSSR count). The van der Waals surface area contributed by atoms with Crippen molar-refractivity contribution >= 4 is 55.3 Å². The Kier molecular flexibility index (Phi) is 10.9. The number of rotatable bonds is 14. The van der Waals surface area contributed by atoms with Crippen LogP contribution in [0.3, 0.4) is 0 Å². The summed E-state index contributed by atoms with van der Waals surface area (Å²) in [7, 11) is -1.12. The van der Waals surface area contributed by atoms with Gasteiger partial charge in [-0.25, -0.2) is 35.9 Å². The van der Waals surface area contributed by atoms with Crippen LogP contribution in [0.1, 0.15) is 64.4 Å². The monoisotopic (exact) mass is 939 g/mol. The number of ether oxygens (including phenoxy) is 1. The summed E-state index contributed by atoms with van der Waals surface area (Å²) in [5, 5.41) is 10.9. The quantitative estimate of drug-likeness (QED) is 0.106. The van der Waals surface area contributed by atoms with Crippen LogP contribution in [0.5, 0.6) is 5.75 Å². The Morgan fingerprint density at radius 2 is 1.72 bits per heavy atom. The minimum Gasteiger partial charge on any atom is -0.497 e. The van der Waals surface area contributed by atoms with Crippen molar-refractivity contribution in [1.82, 2.24) is 39.4 Å². The number of hydrogen-bond donors (Lipinski definition) is 2. The fraction of sp³-hybridized carbons (Fsp3) is 0.302. The molecule has 1 amide bonds. The molecule has 4 aromatic heterocycles. The number of anilines is 1. The van der Waals surface area contributed by atoms with Crippen molar-refractivity contribution in [2.75, 3.05) is 17.6 Å². The minimum absolute atomic E-state index is 0.00483. The number of hydrogen-bond acceptors (Lipinski definition) is 9. The van der Waals surface area contributed by atoms with Crippen molar-refractivity contribution in [3.05, 3.63) is 133 Å². The van der Waals surface area contributed by atoms with Crippen LogP contribution >= 0.6 is 11.6 Å². The van der Waals surface area contributed by atoms with E-state index in [1.165, 1.54) is 37.0 Å². The lowest BCUT2D eigenvalue weighted by Crippen LogP contribution is -2.38. The largest absolute Gasteiger partial charge is 0.497 e. The number of benzene rings is 3. The van der Waals surface area contributed by atoms with Crippen LogP contribution in [0.15, 0.2) is 71.5 Å². The lowest BCUT2D eigenvalue weighted by molar-refractivity contribution is -0.123. The van der Waals surface area contributed by atoms with Crippen molar-refractivity contribution in [3.8, 4) is 11.4 Å². The van der Waals surface area contributed by atoms with Gasteiger partial charge in [0, 0.05) is 36.7 Å². The number of carbonyl (C=O) groups excluding carboxylic acids is 1. The van der Waals surface area contributed by atoms with Crippen LogP contribution in [0.25, 0.3) is 27.6 Å². The molecule has 2 aliphatic rings. The first-order valence-electron chi connectivity index (χ1n) is 20.0. The maximum atomic E-state index is 15.5. The molecule has 0 saturated heterocycles. The highest BCUT2D eigenvalue weighted by Crippen LogP contribution is 2.68. The first-order chi connectivity index (χ1) is 30.8. The summed E-state index contributed by atoms with van der Waals surface area (Å²) in [5.74, 6) is -8.83. The summed E-state index contributed by atoms with van der Waals surface area (Å²) in [6.07, 6.45) is -3.55. The molecule has 0 spiro atoms. The molecule has 1 unspecified atom stereocenters. The molecule has 0 bridgehead atoms. The summed E-state index contributed by atoms with van der Waals surface area (Å²) in [4.78, 5) is 38.1. The van der Waals surface area contributed by atoms with E-state index in [9.17, 15) is 35.6 Å². The molecular weight excluding hydrogens is 904 g/mol. The second-order valence-electron chi connectivity index (χ2n) is 16.0. The van der Waals surface area contributed by atoms with Gasteiger partial charge in [0.15, 0.2) is 11.5 Å². The van der Waals surface area contributed by atoms with Crippen molar-refractivity contribution in [2.24, 2.45) is 13.0 Å². The molecule has 0 aliphatic heterocycles. The second kappa shape index (κ2) is 16.2. The first kappa shape index (κ1) is 43.8. The van der Waals surface area contributed by atoms with Crippen molar-refractivity contribution < 1.29 is 44.3 Å². The smallest absolute Gasteiger partial charge is 0.293 e. The van der Waals surface area contributed by atoms with Gasteiger partial charge in [0.1, 0.15) is 41.1 Å². The molecule has 2 aliphatic carbocycles. The zero-order chi connectivity index (χ0) is 46.3. The van der Waals surface area contributed by atoms with Gasteiger partial charge >= 0.3 is 0 Å². The van der Waals surface area contributed by atoms with Crippen LogP contribution in [-0.2, 0) is 47.2 Å². The standard InChI is InChI=1S/C43H36ClF6N9O5S/c1-20-4-9-26-39(51-20)53-41(30(16-22-14-23(45)17-24(46)15-22)52-32(60)19-58-37-33(35(54-58)38(47)48)27-18-28(27)43(37,49)50)59(42(26)61)31-11-10-29(44)34-36(31)57(2)55-40(34)56-65(62,63)13-12-21-5-7-25(64-3)8-6-21/h4-11,14-15,17,27-28,30,38H,12-13,16,18-19H2,1-3H3,(H,52,60)(H,55,56)/t27-,28+,30?/m0/s1. The average molecular weight is 940 g/mol. The Morgan fingerprint density at radius 3 is 2.42 bits per heavy atom. The van der Waals surface area contributed by atoms with E-state index in [1.54, 1.807) is 37.3 Å². The van der Waals surface area contributed by atoms with E-state index in [1.807, 2.05) is 0 Å². The van der Waals surface area contributed by atoms with Crippen LogP contribution < -0.4 is 20.3 Å². The fourth-order valence-electron chi connectivity index (χ4n) is 8.62. The van der Waals surface area contributed by atoms with E-state index in [4.69, 9.17) is 21.3 Å². The SMILES string of the molecule is COc1ccc(CCS(=O)(=O)Nc2nn(C)c3c(-n4c(C(Cc5cc(F)cc(F)c5)NC(=O)Cn5nc(C(F)F)c6c5C(F)(F)[C@@H]5C[C@H]65)nc5nc(C)ccc5c4=O)ccc(Cl)c23)cc1. The van der Waals surface area contributed by atoms with Crippen LogP contribution in [0, 0.1) is 24.5 Å². The van der Waals surface area contributed by atoms with E-state index >= 15 is 8.78 Å². The molecule has 338 valence electrons. The molecule has 1 saturated carbocycles. The lowest BCUT2D eigenvalue weighted by atomic mass is 10.0. The van der Waals surface area contributed by atoms with Gasteiger partial charge in [-0.2, -0.15) is 19.0 Å². The maximum Gasteiger partial charge on any atom is 0.293 e. The number of halogens is 7. The van der Waals surface area contributed by atoms with Gasteiger partial charge in [-0.3, -0.25) is 28.2 Å². The summed E-state index contributed by atoms with van der Waals surface area (Å²) in [5.41, 5.74) is -1.57. The number of fused-ring (bicyclic) bond motifs is 5. The zero-order valence-corrected chi connectivity index (χ0v) is 36.0. The van der Waals surface area contributed by atoms with Crippen molar-refractivity contribution in [2.45, 2.75) is 57.0 Å². The Bertz CT molecular complexity index is 3230. The molecule has 7 aromatic rings. The predicted octanol–water partition coefficient (Wildman–Crippen LogP) is 7.34. The number of aromatic nitrogens is 7. The van der Waals surface area contributed by atoms with Gasteiger partial charge in [-0.15, -0.1) is 0 Å². The molecule has 4 heterocycles. The number of sulfonamides is 1. The highest BCUT2D eigenvalue weighted by molar-refractivity contribution is 7.92. The Morgan fingerprint density at radius 1 is 1.00 bits per heavy atom. The number of nitrogens with one attached hydrogen (secondary N) is 2. The third-order valence-electron chi connectivity index (χ3n) is 11.6. The van der Waals surface area contributed by atoms with Gasteiger partial charge in [0.05, 0.1) is 45.9 Å². The first-order valence-corrected chi connectivity index (χ1v) is 22.1. The summed E-state index contributed by atoms with van der Waals surface area (Å²) < 4.78 is 126. The molecule has 22 heteroatoms. The van der Waals surface area contributed by atoms with E-state index < -0.39 is 87.7 Å². The van der Waals surface area contributed by atoms with Gasteiger partial charge in [0.25, 0.3) is 17.9 Å². The van der Waals surface area contributed by atoms with E-state index in [-0.39, 0.29) is 74.0 Å². The molecule has 1 fully saturated rings. The Hall–Kier alpha value is -6.48. The molecule has 65 heavy (non-hydrogen) atoms. The minimum atomic E-state index is -4.09. The van der Waals surface area contributed by atoms with E-state index in [2.05, 4.69) is 25.2 Å². The number of aryl methyl sites for hydroxylation is 3. The number of methoxy groups -OCH3 is 1. The molecule has 2 N–H and O–H groups in total. The Labute approximate surface area is 370 Å². The molecule has 14 nitrogen and oxygen atoms in total. The van der Waals surface area contributed by atoms with E-state index in [0.29, 0.717) is 27.8 Å². The van der Waals surface area contributed by atoms with Gasteiger partial charge in [-0.05, 0) is 85.3 Å². The molecule has 3 atom stereocenters. The van der Waals surface area contributed by atoms with Crippen LogP contribution in [0.2, 0.25) is 5.02 Å². The Balaban J connectivity index is 1.16. The zero-order valence-electron chi connectivity index (χ0n) is 34.4. The lowest BCUT2D eigenvalue weighted by Gasteiger charge is -2.24. The van der Waals surface area contributed by atoms with E-state index in [0.717, 1.165) is 16.7 Å². The maximum absolute atomic E-state index is 15.5. The highest BCUT2D eigenvalue weighted by Gasteiger charge is 2.67. The van der Waals surface area contributed by atoms with Crippen LogP contribution in [-0.4, -0.2) is 61.3 Å². The fourth-order valence-corrected chi connectivity index (χ4v) is 9.91. The van der Waals surface area contributed by atoms with Gasteiger partial charge in [0.2, 0.25) is 15.9 Å². The highest BCUT2D eigenvalue weighted by atomic mass is 35.5. The topological polar surface area (TPSA) is 168 Å². The summed E-state index contributed by atoms with van der Waals surface area (Å²) >= 11 is 6.75. The third kappa shape index (κ3) is 8.04.